The van der Waals surface area contributed by atoms with Gasteiger partial charge in [0.1, 0.15) is 5.82 Å². The molecule has 0 amide bonds. The summed E-state index contributed by atoms with van der Waals surface area (Å²) in [6, 6.07) is 4.14. The highest BCUT2D eigenvalue weighted by Crippen LogP contribution is 2.29. The maximum absolute atomic E-state index is 12.3. The Balaban J connectivity index is 0.00000134. The number of aryl methyl sites for hydroxylation is 1. The number of hydrogen-bond donors (Lipinski definition) is 1. The summed E-state index contributed by atoms with van der Waals surface area (Å²) in [6.07, 6.45) is 13.7. The Kier molecular flexibility index (Phi) is 10.8. The van der Waals surface area contributed by atoms with Gasteiger partial charge in [-0.25, -0.2) is 4.98 Å². The molecule has 2 aromatic rings. The third-order valence-electron chi connectivity index (χ3n) is 7.53. The molecule has 0 radical (unpaired) electrons. The van der Waals surface area contributed by atoms with E-state index in [1.807, 2.05) is 33.2 Å². The monoisotopic (exact) mass is 530 g/mol. The molecule has 0 spiro atoms. The van der Waals surface area contributed by atoms with Gasteiger partial charge in [-0.3, -0.25) is 19.3 Å². The lowest BCUT2D eigenvalue weighted by Gasteiger charge is -2.33. The number of hydrogen-bond acceptors (Lipinski definition) is 6. The molecule has 7 nitrogen and oxygen atoms in total. The minimum atomic E-state index is -0.0587. The van der Waals surface area contributed by atoms with Gasteiger partial charge >= 0.3 is 0 Å². The first-order chi connectivity index (χ1) is 18.7. The van der Waals surface area contributed by atoms with Crippen LogP contribution in [0, 0.1) is 6.92 Å². The van der Waals surface area contributed by atoms with E-state index < -0.39 is 0 Å². The quantitative estimate of drug-likeness (QED) is 0.367. The van der Waals surface area contributed by atoms with Gasteiger partial charge in [0.15, 0.2) is 0 Å². The van der Waals surface area contributed by atoms with Crippen molar-refractivity contribution in [3.63, 3.8) is 0 Å². The van der Waals surface area contributed by atoms with E-state index in [1.54, 1.807) is 23.9 Å². The molecular formula is C32H46N6O. The molecule has 2 N–H and O–H groups in total. The first kappa shape index (κ1) is 30.1. The van der Waals surface area contributed by atoms with E-state index in [1.165, 1.54) is 31.2 Å². The van der Waals surface area contributed by atoms with E-state index in [2.05, 4.69) is 36.4 Å². The first-order valence-corrected chi connectivity index (χ1v) is 14.3. The molecule has 0 aromatic carbocycles. The van der Waals surface area contributed by atoms with Crippen LogP contribution in [0.1, 0.15) is 94.6 Å². The standard InChI is InChI=1S/C29H38N6O.C3H8/c1-19-13-28(36)34(5)29(33-19)21(3)20(2)22(4)35-12-11-27-24(18-35)14-23(16-32-27)25(15-30)17-31-26-9-7-6-8-10-26;1-3-2/h13-17,26H,4,6-12,18,30H2,1-3,5H3;3H2,1-2H3/b21-20-,25-15+,31-17?;. The molecule has 7 heteroatoms. The average molecular weight is 531 g/mol. The Labute approximate surface area is 234 Å². The van der Waals surface area contributed by atoms with Crippen molar-refractivity contribution in [1.82, 2.24) is 19.4 Å². The van der Waals surface area contributed by atoms with Crippen LogP contribution in [0.5, 0.6) is 0 Å². The molecule has 0 unspecified atom stereocenters. The topological polar surface area (TPSA) is 89.4 Å². The van der Waals surface area contributed by atoms with E-state index in [0.29, 0.717) is 17.6 Å². The number of pyridine rings is 1. The molecule has 0 atom stereocenters. The Morgan fingerprint density at radius 3 is 2.56 bits per heavy atom. The minimum Gasteiger partial charge on any atom is -0.404 e. The Morgan fingerprint density at radius 2 is 1.90 bits per heavy atom. The fourth-order valence-corrected chi connectivity index (χ4v) is 5.06. The highest BCUT2D eigenvalue weighted by atomic mass is 16.1. The van der Waals surface area contributed by atoms with Crippen LogP contribution in [-0.2, 0) is 20.0 Å². The van der Waals surface area contributed by atoms with Crippen LogP contribution in [-0.4, -0.2) is 38.2 Å². The molecule has 1 aliphatic carbocycles. The predicted octanol–water partition coefficient (Wildman–Crippen LogP) is 5.97. The molecule has 2 aromatic heterocycles. The number of fused-ring (bicyclic) bond motifs is 1. The van der Waals surface area contributed by atoms with Gasteiger partial charge in [-0.2, -0.15) is 0 Å². The highest BCUT2D eigenvalue weighted by Gasteiger charge is 2.22. The second-order valence-electron chi connectivity index (χ2n) is 10.7. The lowest BCUT2D eigenvalue weighted by molar-refractivity contribution is 0.326. The molecule has 2 aliphatic rings. The van der Waals surface area contributed by atoms with Crippen LogP contribution < -0.4 is 11.3 Å². The maximum Gasteiger partial charge on any atom is 0.253 e. The lowest BCUT2D eigenvalue weighted by atomic mass is 9.96. The molecular weight excluding hydrogens is 484 g/mol. The fourth-order valence-electron chi connectivity index (χ4n) is 5.06. The zero-order valence-corrected chi connectivity index (χ0v) is 24.8. The van der Waals surface area contributed by atoms with Crippen molar-refractivity contribution in [2.75, 3.05) is 6.54 Å². The van der Waals surface area contributed by atoms with Crippen LogP contribution in [0.25, 0.3) is 11.1 Å². The molecule has 0 bridgehead atoms. The van der Waals surface area contributed by atoms with Crippen LogP contribution in [0.2, 0.25) is 0 Å². The van der Waals surface area contributed by atoms with Gasteiger partial charge in [-0.15, -0.1) is 0 Å². The van der Waals surface area contributed by atoms with Crippen molar-refractivity contribution in [3.05, 3.63) is 81.1 Å². The van der Waals surface area contributed by atoms with Crippen LogP contribution in [0.4, 0.5) is 0 Å². The number of allylic oxidation sites excluding steroid dienone is 3. The fraction of sp³-hybridized carbons (Fsp3) is 0.500. The Morgan fingerprint density at radius 1 is 1.21 bits per heavy atom. The molecule has 4 rings (SSSR count). The predicted molar refractivity (Wildman–Crippen MR) is 163 cm³/mol. The summed E-state index contributed by atoms with van der Waals surface area (Å²) in [6.45, 7) is 16.1. The third-order valence-corrected chi connectivity index (χ3v) is 7.53. The maximum atomic E-state index is 12.3. The van der Waals surface area contributed by atoms with Crippen molar-refractivity contribution < 1.29 is 0 Å². The van der Waals surface area contributed by atoms with Crippen molar-refractivity contribution in [2.24, 2.45) is 17.8 Å². The summed E-state index contributed by atoms with van der Waals surface area (Å²) in [7, 11) is 1.76. The summed E-state index contributed by atoms with van der Waals surface area (Å²) in [5.74, 6) is 0.676. The molecule has 1 aliphatic heterocycles. The highest BCUT2D eigenvalue weighted by molar-refractivity contribution is 6.09. The van der Waals surface area contributed by atoms with Gasteiger partial charge in [-0.1, -0.05) is 46.1 Å². The summed E-state index contributed by atoms with van der Waals surface area (Å²) < 4.78 is 1.59. The Bertz CT molecular complexity index is 1310. The van der Waals surface area contributed by atoms with Gasteiger partial charge in [0.25, 0.3) is 5.56 Å². The van der Waals surface area contributed by atoms with Crippen LogP contribution in [0.3, 0.4) is 0 Å². The van der Waals surface area contributed by atoms with Crippen LogP contribution >= 0.6 is 0 Å². The number of aliphatic imine (C=N–C) groups is 1. The normalized spacial score (nSPS) is 16.9. The molecule has 1 saturated carbocycles. The Hall–Kier alpha value is -3.48. The van der Waals surface area contributed by atoms with Gasteiger partial charge in [0, 0.05) is 85.5 Å². The summed E-state index contributed by atoms with van der Waals surface area (Å²) in [4.78, 5) is 28.8. The smallest absolute Gasteiger partial charge is 0.253 e. The van der Waals surface area contributed by atoms with Gasteiger partial charge < -0.3 is 10.6 Å². The number of rotatable bonds is 6. The van der Waals surface area contributed by atoms with E-state index in [9.17, 15) is 4.79 Å². The van der Waals surface area contributed by atoms with Crippen LogP contribution in [0.15, 0.2) is 52.2 Å². The molecule has 0 saturated heterocycles. The van der Waals surface area contributed by atoms with Gasteiger partial charge in [0.2, 0.25) is 0 Å². The van der Waals surface area contributed by atoms with E-state index >= 15 is 0 Å². The summed E-state index contributed by atoms with van der Waals surface area (Å²) in [5.41, 5.74) is 13.8. The SMILES string of the molecule is C=C(/C(C)=C(/C)c1nc(C)cc(=O)n1C)N1CCc2ncc(/C(C=NC3CCCCC3)=C/N)cc2C1.CCC. The van der Waals surface area contributed by atoms with Gasteiger partial charge in [0.05, 0.1) is 0 Å². The molecule has 3 heterocycles. The zero-order chi connectivity index (χ0) is 28.5. The summed E-state index contributed by atoms with van der Waals surface area (Å²) in [5, 5.41) is 0. The van der Waals surface area contributed by atoms with E-state index in [4.69, 9.17) is 15.7 Å². The zero-order valence-electron chi connectivity index (χ0n) is 24.8. The average Bonchev–Trinajstić information content (AvgIpc) is 2.94. The van der Waals surface area contributed by atoms with Crippen molar-refractivity contribution in [2.45, 2.75) is 92.2 Å². The number of nitrogens with zero attached hydrogens (tertiary/aromatic N) is 5. The largest absolute Gasteiger partial charge is 0.404 e. The van der Waals surface area contributed by atoms with Crippen molar-refractivity contribution >= 4 is 17.4 Å². The first-order valence-electron chi connectivity index (χ1n) is 14.3. The molecule has 210 valence electrons. The lowest BCUT2D eigenvalue weighted by Crippen LogP contribution is -2.31. The summed E-state index contributed by atoms with van der Waals surface area (Å²) >= 11 is 0. The molecule has 1 fully saturated rings. The second-order valence-corrected chi connectivity index (χ2v) is 10.7. The number of aromatic nitrogens is 3. The second kappa shape index (κ2) is 14.1. The number of nitrogens with two attached hydrogens (primary N) is 1. The minimum absolute atomic E-state index is 0.0587. The van der Waals surface area contributed by atoms with Crippen molar-refractivity contribution in [3.8, 4) is 0 Å². The van der Waals surface area contributed by atoms with Gasteiger partial charge in [-0.05, 0) is 56.4 Å². The van der Waals surface area contributed by atoms with E-state index in [0.717, 1.165) is 66.0 Å². The van der Waals surface area contributed by atoms with Crippen molar-refractivity contribution in [1.29, 1.82) is 0 Å². The third kappa shape index (κ3) is 7.55. The van der Waals surface area contributed by atoms with E-state index in [-0.39, 0.29) is 5.56 Å². The molecule has 39 heavy (non-hydrogen) atoms.